The van der Waals surface area contributed by atoms with Crippen LogP contribution in [0.3, 0.4) is 0 Å². The van der Waals surface area contributed by atoms with Gasteiger partial charge in [0.25, 0.3) is 0 Å². The van der Waals surface area contributed by atoms with E-state index in [1.807, 2.05) is 0 Å². The highest BCUT2D eigenvalue weighted by Gasteiger charge is 2.32. The minimum absolute atomic E-state index is 0.164. The highest BCUT2D eigenvalue weighted by Crippen LogP contribution is 2.36. The number of benzene rings is 1. The Morgan fingerprint density at radius 3 is 2.14 bits per heavy atom. The maximum absolute atomic E-state index is 12.5. The van der Waals surface area contributed by atoms with E-state index in [4.69, 9.17) is 4.55 Å². The summed E-state index contributed by atoms with van der Waals surface area (Å²) in [6.07, 6.45) is 3.36. The molecule has 0 aliphatic heterocycles. The maximum atomic E-state index is 12.5. The van der Waals surface area contributed by atoms with Crippen LogP contribution >= 0.6 is 0 Å². The average Bonchev–Trinajstić information content (AvgIpc) is 2.43. The van der Waals surface area contributed by atoms with Crippen LogP contribution in [0.4, 0.5) is 0 Å². The third-order valence-corrected chi connectivity index (χ3v) is 7.07. The Morgan fingerprint density at radius 1 is 1.14 bits per heavy atom. The molecule has 1 aliphatic carbocycles. The van der Waals surface area contributed by atoms with Crippen LogP contribution in [0.25, 0.3) is 0 Å². The quantitative estimate of drug-likeness (QED) is 0.861. The van der Waals surface area contributed by atoms with E-state index in [1.165, 1.54) is 30.7 Å². The second-order valence-corrected chi connectivity index (χ2v) is 9.06. The first-order chi connectivity index (χ1) is 9.81. The van der Waals surface area contributed by atoms with Crippen molar-refractivity contribution in [2.45, 2.75) is 42.9 Å². The van der Waals surface area contributed by atoms with Crippen molar-refractivity contribution in [3.05, 3.63) is 24.3 Å². The van der Waals surface area contributed by atoms with Gasteiger partial charge in [-0.15, -0.1) is 0 Å². The van der Waals surface area contributed by atoms with Crippen LogP contribution in [0, 0.1) is 17.8 Å². The second kappa shape index (κ2) is 6.58. The Morgan fingerprint density at radius 2 is 1.67 bits per heavy atom. The van der Waals surface area contributed by atoms with Crippen molar-refractivity contribution in [1.82, 2.24) is 0 Å². The number of hydrogen-bond acceptors (Lipinski definition) is 3. The third-order valence-electron chi connectivity index (χ3n) is 4.58. The minimum atomic E-state index is -3.35. The summed E-state index contributed by atoms with van der Waals surface area (Å²) in [5, 5.41) is 0. The maximum Gasteiger partial charge on any atom is 0.186 e. The van der Waals surface area contributed by atoms with Crippen molar-refractivity contribution in [1.29, 1.82) is 0 Å². The summed E-state index contributed by atoms with van der Waals surface area (Å²) < 4.78 is 45.0. The van der Waals surface area contributed by atoms with Gasteiger partial charge in [0.05, 0.1) is 15.5 Å². The van der Waals surface area contributed by atoms with Gasteiger partial charge < -0.3 is 4.55 Å². The van der Waals surface area contributed by atoms with Gasteiger partial charge in [0.2, 0.25) is 0 Å². The van der Waals surface area contributed by atoms with Crippen LogP contribution in [0.1, 0.15) is 33.1 Å². The lowest BCUT2D eigenvalue weighted by Crippen LogP contribution is -2.31. The molecule has 1 N–H and O–H groups in total. The predicted octanol–water partition coefficient (Wildman–Crippen LogP) is 3.11. The first-order valence-corrected chi connectivity index (χ1v) is 10.0. The summed E-state index contributed by atoms with van der Waals surface area (Å²) in [7, 11) is -3.35. The summed E-state index contributed by atoms with van der Waals surface area (Å²) in [5.41, 5.74) is 0. The molecule has 3 unspecified atom stereocenters. The highest BCUT2D eigenvalue weighted by atomic mass is 32.2. The van der Waals surface area contributed by atoms with Gasteiger partial charge in [-0.3, -0.25) is 0 Å². The molecule has 0 spiro atoms. The topological polar surface area (TPSA) is 71.4 Å². The Bertz CT molecular complexity index is 597. The molecule has 0 radical (unpaired) electrons. The molecule has 4 nitrogen and oxygen atoms in total. The second-order valence-electron chi connectivity index (χ2n) is 6.05. The molecule has 0 saturated heterocycles. The summed E-state index contributed by atoms with van der Waals surface area (Å²) in [6, 6.07) is 5.65. The molecule has 0 aromatic heterocycles. The van der Waals surface area contributed by atoms with Gasteiger partial charge in [0, 0.05) is 0 Å². The van der Waals surface area contributed by atoms with Gasteiger partial charge in [-0.2, -0.15) is 0 Å². The van der Waals surface area contributed by atoms with Gasteiger partial charge in [0.15, 0.2) is 20.9 Å². The average molecular weight is 330 g/mol. The van der Waals surface area contributed by atoms with E-state index in [0.29, 0.717) is 11.8 Å². The molecule has 118 valence electrons. The number of hydrogen-bond donors (Lipinski definition) is 1. The fourth-order valence-electron chi connectivity index (χ4n) is 3.19. The van der Waals surface area contributed by atoms with Crippen LogP contribution < -0.4 is 0 Å². The lowest BCUT2D eigenvalue weighted by atomic mass is 9.75. The van der Waals surface area contributed by atoms with Crippen molar-refractivity contribution < 1.29 is 17.2 Å². The molecule has 0 amide bonds. The van der Waals surface area contributed by atoms with E-state index in [0.717, 1.165) is 12.8 Å². The molecule has 2 rings (SSSR count). The Balaban J connectivity index is 2.19. The summed E-state index contributed by atoms with van der Waals surface area (Å²) >= 11 is -2.08. The third kappa shape index (κ3) is 3.93. The molecule has 0 heterocycles. The molecule has 1 saturated carbocycles. The predicted molar refractivity (Wildman–Crippen MR) is 83.2 cm³/mol. The molecule has 3 atom stereocenters. The monoisotopic (exact) mass is 330 g/mol. The Hall–Kier alpha value is -0.720. The van der Waals surface area contributed by atoms with Crippen molar-refractivity contribution >= 4 is 20.9 Å². The zero-order valence-corrected chi connectivity index (χ0v) is 14.0. The largest absolute Gasteiger partial charge is 0.302 e. The van der Waals surface area contributed by atoms with Gasteiger partial charge >= 0.3 is 0 Å². The summed E-state index contributed by atoms with van der Waals surface area (Å²) in [4.78, 5) is 0.454. The Labute approximate surface area is 129 Å². The van der Waals surface area contributed by atoms with E-state index >= 15 is 0 Å². The van der Waals surface area contributed by atoms with Crippen LogP contribution in [0.15, 0.2) is 34.1 Å². The molecule has 1 aliphatic rings. The molecule has 21 heavy (non-hydrogen) atoms. The first kappa shape index (κ1) is 16.6. The molecular weight excluding hydrogens is 308 g/mol. The molecule has 6 heteroatoms. The first-order valence-electron chi connectivity index (χ1n) is 7.25. The fraction of sp³-hybridized carbons (Fsp3) is 0.600. The minimum Gasteiger partial charge on any atom is -0.302 e. The number of sulfone groups is 1. The van der Waals surface area contributed by atoms with Crippen LogP contribution in [-0.4, -0.2) is 22.9 Å². The van der Waals surface area contributed by atoms with Gasteiger partial charge in [-0.25, -0.2) is 12.6 Å². The smallest absolute Gasteiger partial charge is 0.186 e. The standard InChI is InChI=1S/C15H22O4S2/c1-11-4-3-5-12(2)15(11)10-21(18,19)14-8-6-13(7-9-14)20(16)17/h6-9,11-12,15H,3-5,10H2,1-2H3,(H,16,17). The number of rotatable bonds is 4. The van der Waals surface area contributed by atoms with Crippen molar-refractivity contribution in [2.24, 2.45) is 17.8 Å². The normalized spacial score (nSPS) is 28.2. The van der Waals surface area contributed by atoms with E-state index < -0.39 is 20.9 Å². The van der Waals surface area contributed by atoms with Gasteiger partial charge in [0.1, 0.15) is 0 Å². The molecular formula is C15H22O4S2. The van der Waals surface area contributed by atoms with Crippen molar-refractivity contribution in [3.63, 3.8) is 0 Å². The van der Waals surface area contributed by atoms with E-state index in [1.54, 1.807) is 0 Å². The van der Waals surface area contributed by atoms with Crippen LogP contribution in [-0.2, 0) is 20.9 Å². The molecule has 1 aromatic rings. The van der Waals surface area contributed by atoms with Crippen molar-refractivity contribution in [2.75, 3.05) is 5.75 Å². The Kier molecular flexibility index (Phi) is 5.22. The zero-order valence-electron chi connectivity index (χ0n) is 12.4. The fourth-order valence-corrected chi connectivity index (χ4v) is 5.47. The van der Waals surface area contributed by atoms with E-state index in [9.17, 15) is 12.6 Å². The van der Waals surface area contributed by atoms with Crippen molar-refractivity contribution in [3.8, 4) is 0 Å². The van der Waals surface area contributed by atoms with Gasteiger partial charge in [-0.05, 0) is 42.0 Å². The van der Waals surface area contributed by atoms with E-state index in [2.05, 4.69) is 13.8 Å². The highest BCUT2D eigenvalue weighted by molar-refractivity contribution is 7.91. The summed E-state index contributed by atoms with van der Waals surface area (Å²) in [6.45, 7) is 4.27. The summed E-state index contributed by atoms with van der Waals surface area (Å²) in [5.74, 6) is 1.20. The van der Waals surface area contributed by atoms with Crippen LogP contribution in [0.5, 0.6) is 0 Å². The lowest BCUT2D eigenvalue weighted by molar-refractivity contribution is 0.199. The van der Waals surface area contributed by atoms with E-state index in [-0.39, 0.29) is 21.5 Å². The molecule has 1 aromatic carbocycles. The molecule has 1 fully saturated rings. The zero-order chi connectivity index (χ0) is 15.6. The van der Waals surface area contributed by atoms with Gasteiger partial charge in [-0.1, -0.05) is 33.1 Å². The molecule has 0 bridgehead atoms. The SMILES string of the molecule is CC1CCCC(C)C1CS(=O)(=O)c1ccc(S(=O)O)cc1. The lowest BCUT2D eigenvalue weighted by Gasteiger charge is -2.34. The van der Waals surface area contributed by atoms with Crippen LogP contribution in [0.2, 0.25) is 0 Å².